The fraction of sp³-hybridized carbons (Fsp3) is 1.00. The molecule has 0 aromatic rings. The van der Waals surface area contributed by atoms with E-state index in [0.29, 0.717) is 0 Å². The van der Waals surface area contributed by atoms with Gasteiger partial charge in [-0.15, -0.1) is 0 Å². The maximum atomic E-state index is 10.4. The average molecular weight is 396 g/mol. The molecule has 16 heavy (non-hydrogen) atoms. The van der Waals surface area contributed by atoms with Gasteiger partial charge in [0.2, 0.25) is 0 Å². The molecule has 0 rings (SSSR count). The molecule has 0 saturated heterocycles. The Balaban J connectivity index is -0.0000000500. The van der Waals surface area contributed by atoms with Crippen LogP contribution in [-0.4, -0.2) is 5.08 Å². The fourth-order valence-electron chi connectivity index (χ4n) is 0.150. The van der Waals surface area contributed by atoms with Gasteiger partial charge in [0.05, 0.1) is 0 Å². The summed E-state index contributed by atoms with van der Waals surface area (Å²) in [6.07, 6.45) is 0. The SMILES string of the molecule is CC([O-])(P(=O)([O-])[O-])P(=O)([O-])[O-].[K+].[K+].[K+].[K+].[K+]. The zero-order valence-electron chi connectivity index (χ0n) is 10.3. The van der Waals surface area contributed by atoms with Gasteiger partial charge in [-0.25, -0.2) is 0 Å². The van der Waals surface area contributed by atoms with E-state index in [0.717, 1.165) is 0 Å². The van der Waals surface area contributed by atoms with Gasteiger partial charge in [0.15, 0.2) is 0 Å². The van der Waals surface area contributed by atoms with Gasteiger partial charge in [0.25, 0.3) is 0 Å². The third-order valence-electron chi connectivity index (χ3n) is 1.02. The first kappa shape index (κ1) is 39.5. The molecule has 0 atom stereocenters. The average Bonchev–Trinajstić information content (AvgIpc) is 1.58. The molecule has 0 aromatic heterocycles. The van der Waals surface area contributed by atoms with Crippen LogP contribution in [0.2, 0.25) is 0 Å². The summed E-state index contributed by atoms with van der Waals surface area (Å²) < 4.78 is 19.8. The Morgan fingerprint density at radius 2 is 0.875 bits per heavy atom. The smallest absolute Gasteiger partial charge is 0.842 e. The zero-order valence-corrected chi connectivity index (χ0v) is 27.7. The Morgan fingerprint density at radius 3 is 0.875 bits per heavy atom. The van der Waals surface area contributed by atoms with Crippen LogP contribution in [0.3, 0.4) is 0 Å². The first-order valence-corrected chi connectivity index (χ1v) is 5.33. The van der Waals surface area contributed by atoms with E-state index in [2.05, 4.69) is 0 Å². The molecular weight excluding hydrogens is 393 g/mol. The minimum atomic E-state index is -5.93. The van der Waals surface area contributed by atoms with Crippen LogP contribution in [0, 0.1) is 0 Å². The topological polar surface area (TPSA) is 149 Å². The van der Waals surface area contributed by atoms with Crippen LogP contribution in [0.1, 0.15) is 6.92 Å². The summed E-state index contributed by atoms with van der Waals surface area (Å²) in [5.41, 5.74) is 0. The molecule has 0 aliphatic carbocycles. The van der Waals surface area contributed by atoms with E-state index in [-0.39, 0.29) is 264 Å². The normalized spacial score (nSPS) is 10.4. The zero-order chi connectivity index (χ0) is 9.50. The largest absolute Gasteiger partial charge is 1.00 e. The van der Waals surface area contributed by atoms with Crippen LogP contribution in [-0.2, 0) is 9.13 Å². The van der Waals surface area contributed by atoms with Crippen LogP contribution >= 0.6 is 15.2 Å². The molecule has 0 radical (unpaired) electrons. The van der Waals surface area contributed by atoms with Crippen molar-refractivity contribution in [3.8, 4) is 0 Å². The molecule has 0 fully saturated rings. The summed E-state index contributed by atoms with van der Waals surface area (Å²) in [5, 5.41) is 6.38. The Labute approximate surface area is 307 Å². The molecule has 0 N–H and O–H groups in total. The van der Waals surface area contributed by atoms with Crippen molar-refractivity contribution in [3.05, 3.63) is 0 Å². The minimum absolute atomic E-state index is 0. The van der Waals surface area contributed by atoms with Crippen molar-refractivity contribution in [1.29, 1.82) is 0 Å². The van der Waals surface area contributed by atoms with Crippen LogP contribution < -0.4 is 282 Å². The number of rotatable bonds is 2. The third-order valence-corrected chi connectivity index (χ3v) is 4.52. The van der Waals surface area contributed by atoms with Crippen LogP contribution in [0.25, 0.3) is 0 Å². The third kappa shape index (κ3) is 14.8. The van der Waals surface area contributed by atoms with Crippen LogP contribution in [0.4, 0.5) is 0 Å². The van der Waals surface area contributed by atoms with Crippen molar-refractivity contribution < 1.29 is 291 Å². The van der Waals surface area contributed by atoms with Crippen molar-refractivity contribution in [2.45, 2.75) is 12.0 Å². The summed E-state index contributed by atoms with van der Waals surface area (Å²) in [6.45, 7) is 0.0224. The summed E-state index contributed by atoms with van der Waals surface area (Å²) >= 11 is 0. The van der Waals surface area contributed by atoms with E-state index in [1.165, 1.54) is 0 Å². The Hall–Kier alpha value is 8.44. The van der Waals surface area contributed by atoms with Crippen molar-refractivity contribution in [2.24, 2.45) is 0 Å². The molecule has 0 unspecified atom stereocenters. The van der Waals surface area contributed by atoms with Crippen molar-refractivity contribution in [3.63, 3.8) is 0 Å². The van der Waals surface area contributed by atoms with Crippen molar-refractivity contribution >= 4 is 15.2 Å². The second-order valence-electron chi connectivity index (χ2n) is 1.93. The minimum Gasteiger partial charge on any atom is -0.842 e. The van der Waals surface area contributed by atoms with E-state index in [4.69, 9.17) is 0 Å². The second-order valence-corrected chi connectivity index (χ2v) is 5.98. The summed E-state index contributed by atoms with van der Waals surface area (Å²) in [4.78, 5) is 39.5. The van der Waals surface area contributed by atoms with Crippen LogP contribution in [0.15, 0.2) is 0 Å². The van der Waals surface area contributed by atoms with Gasteiger partial charge < -0.3 is 33.8 Å². The Bertz CT molecular complexity index is 221. The molecule has 0 aromatic carbocycles. The number of hydrogen-bond acceptors (Lipinski definition) is 7. The summed E-state index contributed by atoms with van der Waals surface area (Å²) in [5.74, 6) is 0. The second kappa shape index (κ2) is 16.9. The van der Waals surface area contributed by atoms with E-state index in [1.807, 2.05) is 0 Å². The molecule has 0 spiro atoms. The molecule has 7 nitrogen and oxygen atoms in total. The summed E-state index contributed by atoms with van der Waals surface area (Å²) in [6, 6.07) is 0. The first-order chi connectivity index (χ1) is 4.50. The van der Waals surface area contributed by atoms with Crippen molar-refractivity contribution in [2.75, 3.05) is 0 Å². The molecule has 0 aliphatic rings. The van der Waals surface area contributed by atoms with Crippen molar-refractivity contribution in [1.82, 2.24) is 0 Å². The van der Waals surface area contributed by atoms with Gasteiger partial charge in [0, 0.05) is 0 Å². The molecule has 14 heteroatoms. The quantitative estimate of drug-likeness (QED) is 0.332. The molecule has 0 aliphatic heterocycles. The van der Waals surface area contributed by atoms with Gasteiger partial charge in [-0.2, -0.15) is 0 Å². The molecule has 0 bridgehead atoms. The van der Waals surface area contributed by atoms with E-state index in [9.17, 15) is 33.8 Å². The van der Waals surface area contributed by atoms with Gasteiger partial charge in [0.1, 0.15) is 0 Å². The van der Waals surface area contributed by atoms with E-state index in [1.54, 1.807) is 0 Å². The van der Waals surface area contributed by atoms with Gasteiger partial charge >= 0.3 is 257 Å². The predicted octanol–water partition coefficient (Wildman–Crippen LogP) is -19.1. The maximum absolute atomic E-state index is 10.4. The first-order valence-electron chi connectivity index (χ1n) is 2.25. The monoisotopic (exact) mass is 396 g/mol. The molecule has 0 amide bonds. The standard InChI is InChI=1S/C2H7O7P2.5K/c1-2(3,10(4,5)6)11(7,8)9;;;;;/h1H3,(H2,4,5,6)(H2,7,8,9);;;;;/q-1;5*+1/p-4. The van der Waals surface area contributed by atoms with Gasteiger partial charge in [-0.1, -0.05) is 27.2 Å². The van der Waals surface area contributed by atoms with Gasteiger partial charge in [-0.05, 0) is 0 Å². The predicted molar refractivity (Wildman–Crippen MR) is 23.6 cm³/mol. The van der Waals surface area contributed by atoms with E-state index >= 15 is 0 Å². The summed E-state index contributed by atoms with van der Waals surface area (Å²) in [7, 11) is -11.9. The molecule has 0 saturated carbocycles. The molecule has 0 heterocycles. The van der Waals surface area contributed by atoms with Crippen LogP contribution in [0.5, 0.6) is 0 Å². The Kier molecular flexibility index (Phi) is 41.7. The fourth-order valence-corrected chi connectivity index (χ4v) is 1.35. The molecule has 68 valence electrons. The molecular formula is C2H3K5O7P2. The van der Waals surface area contributed by atoms with Gasteiger partial charge in [-0.3, -0.25) is 0 Å². The maximum Gasteiger partial charge on any atom is 1.00 e. The number of hydrogen-bond donors (Lipinski definition) is 0. The van der Waals surface area contributed by atoms with E-state index < -0.39 is 20.3 Å². The Morgan fingerprint density at radius 1 is 0.750 bits per heavy atom.